The number of methoxy groups -OCH3 is 2. The molecule has 2 aromatic carbocycles. The van der Waals surface area contributed by atoms with E-state index in [1.807, 2.05) is 6.07 Å². The molecule has 0 spiro atoms. The van der Waals surface area contributed by atoms with Gasteiger partial charge in [0, 0.05) is 19.5 Å². The van der Waals surface area contributed by atoms with Crippen molar-refractivity contribution in [2.24, 2.45) is 5.92 Å². The number of benzene rings is 2. The number of hydrogen-bond donors (Lipinski definition) is 2. The van der Waals surface area contributed by atoms with Crippen LogP contribution < -0.4 is 19.7 Å². The number of anilines is 1. The Bertz CT molecular complexity index is 1110. The zero-order chi connectivity index (χ0) is 21.3. The van der Waals surface area contributed by atoms with Crippen molar-refractivity contribution in [3.05, 3.63) is 47.8 Å². The molecule has 8 nitrogen and oxygen atoms in total. The Balaban J connectivity index is 1.44. The molecule has 0 bridgehead atoms. The Hall–Kier alpha value is -3.62. The predicted molar refractivity (Wildman–Crippen MR) is 108 cm³/mol. The van der Waals surface area contributed by atoms with Gasteiger partial charge in [-0.1, -0.05) is 12.1 Å². The standard InChI is InChI=1S/C21H21FN4O4/c1-29-16-7-6-12(8-17(16)30-2)10-23-21(28)13-9-18(27)26(11-13)20-19-14(22)4-3-5-15(19)24-25-20/h3-8,13H,9-11H2,1-2H3,(H,23,28)(H,24,25)/t13-/m0/s1. The van der Waals surface area contributed by atoms with Gasteiger partial charge in [-0.05, 0) is 29.8 Å². The molecule has 4 rings (SSSR count). The third kappa shape index (κ3) is 3.54. The topological polar surface area (TPSA) is 96.5 Å². The second-order valence-corrected chi connectivity index (χ2v) is 7.02. The van der Waals surface area contributed by atoms with Gasteiger partial charge in [-0.3, -0.25) is 19.6 Å². The van der Waals surface area contributed by atoms with Gasteiger partial charge in [0.25, 0.3) is 0 Å². The van der Waals surface area contributed by atoms with Crippen LogP contribution >= 0.6 is 0 Å². The van der Waals surface area contributed by atoms with Crippen molar-refractivity contribution >= 4 is 28.5 Å². The second-order valence-electron chi connectivity index (χ2n) is 7.02. The van der Waals surface area contributed by atoms with Gasteiger partial charge in [0.2, 0.25) is 11.8 Å². The first-order chi connectivity index (χ1) is 14.5. The smallest absolute Gasteiger partial charge is 0.229 e. The first-order valence-electron chi connectivity index (χ1n) is 9.43. The van der Waals surface area contributed by atoms with Crippen LogP contribution in [0.5, 0.6) is 11.5 Å². The summed E-state index contributed by atoms with van der Waals surface area (Å²) in [4.78, 5) is 26.5. The normalized spacial score (nSPS) is 16.2. The van der Waals surface area contributed by atoms with Gasteiger partial charge in [-0.15, -0.1) is 0 Å². The van der Waals surface area contributed by atoms with Crippen molar-refractivity contribution in [2.45, 2.75) is 13.0 Å². The van der Waals surface area contributed by atoms with Crippen LogP contribution in [0.4, 0.5) is 10.2 Å². The van der Waals surface area contributed by atoms with Crippen LogP contribution in [0.1, 0.15) is 12.0 Å². The maximum atomic E-state index is 14.2. The minimum absolute atomic E-state index is 0.0422. The zero-order valence-corrected chi connectivity index (χ0v) is 16.6. The summed E-state index contributed by atoms with van der Waals surface area (Å²) in [5.74, 6) is -0.147. The first kappa shape index (κ1) is 19.7. The highest BCUT2D eigenvalue weighted by Crippen LogP contribution is 2.31. The second kappa shape index (κ2) is 8.02. The maximum Gasteiger partial charge on any atom is 0.229 e. The van der Waals surface area contributed by atoms with Gasteiger partial charge in [0.1, 0.15) is 5.82 Å². The van der Waals surface area contributed by atoms with E-state index >= 15 is 0 Å². The number of amides is 2. The van der Waals surface area contributed by atoms with Crippen molar-refractivity contribution in [3.8, 4) is 11.5 Å². The summed E-state index contributed by atoms with van der Waals surface area (Å²) in [6.07, 6.45) is 0.0422. The number of hydrogen-bond acceptors (Lipinski definition) is 5. The molecule has 1 saturated heterocycles. The quantitative estimate of drug-likeness (QED) is 0.648. The van der Waals surface area contributed by atoms with Crippen LogP contribution in [0.3, 0.4) is 0 Å². The molecular weight excluding hydrogens is 391 g/mol. The lowest BCUT2D eigenvalue weighted by Gasteiger charge is -2.15. The number of nitrogens with zero attached hydrogens (tertiary/aromatic N) is 2. The Morgan fingerprint density at radius 1 is 1.27 bits per heavy atom. The van der Waals surface area contributed by atoms with Crippen molar-refractivity contribution < 1.29 is 23.5 Å². The molecule has 1 fully saturated rings. The van der Waals surface area contributed by atoms with Crippen molar-refractivity contribution in [2.75, 3.05) is 25.7 Å². The molecule has 0 unspecified atom stereocenters. The van der Waals surface area contributed by atoms with Gasteiger partial charge in [0.05, 0.1) is 31.0 Å². The number of aromatic nitrogens is 2. The fraction of sp³-hybridized carbons (Fsp3) is 0.286. The van der Waals surface area contributed by atoms with Gasteiger partial charge >= 0.3 is 0 Å². The Labute approximate surface area is 172 Å². The highest BCUT2D eigenvalue weighted by atomic mass is 19.1. The monoisotopic (exact) mass is 412 g/mol. The lowest BCUT2D eigenvalue weighted by molar-refractivity contribution is -0.126. The number of rotatable bonds is 6. The van der Waals surface area contributed by atoms with Crippen LogP contribution in [0.2, 0.25) is 0 Å². The average molecular weight is 412 g/mol. The Morgan fingerprint density at radius 2 is 2.07 bits per heavy atom. The molecule has 30 heavy (non-hydrogen) atoms. The molecule has 1 aliphatic rings. The van der Waals surface area contributed by atoms with Gasteiger partial charge < -0.3 is 14.8 Å². The molecule has 0 aliphatic carbocycles. The molecule has 2 N–H and O–H groups in total. The van der Waals surface area contributed by atoms with Gasteiger partial charge in [-0.2, -0.15) is 5.10 Å². The molecular formula is C21H21FN4O4. The van der Waals surface area contributed by atoms with E-state index in [2.05, 4.69) is 15.5 Å². The SMILES string of the molecule is COc1ccc(CNC(=O)[C@H]2CC(=O)N(c3n[nH]c4cccc(F)c34)C2)cc1OC. The lowest BCUT2D eigenvalue weighted by Crippen LogP contribution is -2.32. The summed E-state index contributed by atoms with van der Waals surface area (Å²) in [6.45, 7) is 0.425. The summed E-state index contributed by atoms with van der Waals surface area (Å²) in [6, 6.07) is 9.93. The first-order valence-corrected chi connectivity index (χ1v) is 9.43. The Kier molecular flexibility index (Phi) is 5.26. The number of H-pyrrole nitrogens is 1. The van der Waals surface area contributed by atoms with Crippen LogP contribution in [-0.4, -0.2) is 42.8 Å². The van der Waals surface area contributed by atoms with Gasteiger partial charge in [0.15, 0.2) is 17.3 Å². The molecule has 0 saturated carbocycles. The number of carbonyl (C=O) groups is 2. The van der Waals surface area contributed by atoms with E-state index in [-0.39, 0.29) is 42.5 Å². The summed E-state index contributed by atoms with van der Waals surface area (Å²) in [5, 5.41) is 9.92. The van der Waals surface area contributed by atoms with Crippen molar-refractivity contribution in [1.29, 1.82) is 0 Å². The largest absolute Gasteiger partial charge is 0.493 e. The van der Waals surface area contributed by atoms with Crippen LogP contribution in [0, 0.1) is 11.7 Å². The van der Waals surface area contributed by atoms with E-state index < -0.39 is 11.7 Å². The lowest BCUT2D eigenvalue weighted by atomic mass is 10.1. The number of halogens is 1. The van der Waals surface area contributed by atoms with Crippen LogP contribution in [0.15, 0.2) is 36.4 Å². The summed E-state index contributed by atoms with van der Waals surface area (Å²) in [7, 11) is 3.09. The summed E-state index contributed by atoms with van der Waals surface area (Å²) in [5.41, 5.74) is 1.33. The highest BCUT2D eigenvalue weighted by molar-refractivity contribution is 6.05. The van der Waals surface area contributed by atoms with E-state index in [0.717, 1.165) is 5.56 Å². The average Bonchev–Trinajstić information content (AvgIpc) is 3.36. The van der Waals surface area contributed by atoms with Crippen LogP contribution in [0.25, 0.3) is 10.9 Å². The van der Waals surface area contributed by atoms with E-state index in [4.69, 9.17) is 9.47 Å². The molecule has 1 aliphatic heterocycles. The molecule has 2 amide bonds. The summed E-state index contributed by atoms with van der Waals surface area (Å²) < 4.78 is 24.7. The molecule has 3 aromatic rings. The molecule has 9 heteroatoms. The fourth-order valence-corrected chi connectivity index (χ4v) is 3.62. The number of ether oxygens (including phenoxy) is 2. The van der Waals surface area contributed by atoms with Crippen LogP contribution in [-0.2, 0) is 16.1 Å². The van der Waals surface area contributed by atoms with Crippen molar-refractivity contribution in [3.63, 3.8) is 0 Å². The number of carbonyl (C=O) groups excluding carboxylic acids is 2. The molecule has 0 radical (unpaired) electrons. The zero-order valence-electron chi connectivity index (χ0n) is 16.6. The number of aromatic amines is 1. The van der Waals surface area contributed by atoms with Crippen molar-refractivity contribution in [1.82, 2.24) is 15.5 Å². The van der Waals surface area contributed by atoms with E-state index in [0.29, 0.717) is 17.0 Å². The summed E-state index contributed by atoms with van der Waals surface area (Å²) >= 11 is 0. The Morgan fingerprint density at radius 3 is 2.83 bits per heavy atom. The third-order valence-corrected chi connectivity index (χ3v) is 5.19. The van der Waals surface area contributed by atoms with E-state index in [9.17, 15) is 14.0 Å². The predicted octanol–water partition coefficient (Wildman–Crippen LogP) is 2.39. The fourth-order valence-electron chi connectivity index (χ4n) is 3.62. The highest BCUT2D eigenvalue weighted by Gasteiger charge is 2.37. The maximum absolute atomic E-state index is 14.2. The minimum atomic E-state index is -0.545. The number of nitrogens with one attached hydrogen (secondary N) is 2. The van der Waals surface area contributed by atoms with E-state index in [1.54, 1.807) is 38.5 Å². The number of fused-ring (bicyclic) bond motifs is 1. The third-order valence-electron chi connectivity index (χ3n) is 5.19. The molecule has 1 aromatic heterocycles. The minimum Gasteiger partial charge on any atom is -0.493 e. The van der Waals surface area contributed by atoms with Gasteiger partial charge in [-0.25, -0.2) is 4.39 Å². The molecule has 2 heterocycles. The molecule has 156 valence electrons. The molecule has 1 atom stereocenters. The van der Waals surface area contributed by atoms with E-state index in [1.165, 1.54) is 11.0 Å².